The number of methoxy groups -OCH3 is 2. The molecule has 0 spiro atoms. The lowest BCUT2D eigenvalue weighted by Gasteiger charge is -2.22. The zero-order valence-electron chi connectivity index (χ0n) is 17.4. The molecule has 30 heavy (non-hydrogen) atoms. The van der Waals surface area contributed by atoms with Gasteiger partial charge in [-0.3, -0.25) is 4.79 Å². The van der Waals surface area contributed by atoms with Crippen LogP contribution < -0.4 is 25.6 Å². The second-order valence-electron chi connectivity index (χ2n) is 6.99. The SMILES string of the molecule is COCCNC(=O)c1cc(NC(=O)Nc2cccc(OC)c2)ccc1N1CCCC1. The van der Waals surface area contributed by atoms with Gasteiger partial charge in [-0.25, -0.2) is 4.79 Å². The van der Waals surface area contributed by atoms with Gasteiger partial charge in [0.15, 0.2) is 0 Å². The Kier molecular flexibility index (Phi) is 7.51. The molecule has 1 heterocycles. The molecule has 1 saturated heterocycles. The molecule has 3 amide bonds. The highest BCUT2D eigenvalue weighted by Gasteiger charge is 2.20. The predicted octanol–water partition coefficient (Wildman–Crippen LogP) is 3.32. The molecule has 1 aliphatic heterocycles. The normalized spacial score (nSPS) is 13.1. The first-order valence-corrected chi connectivity index (χ1v) is 9.99. The average Bonchev–Trinajstić information content (AvgIpc) is 3.28. The summed E-state index contributed by atoms with van der Waals surface area (Å²) in [6.07, 6.45) is 2.21. The second-order valence-corrected chi connectivity index (χ2v) is 6.99. The molecule has 0 aliphatic carbocycles. The number of nitrogens with one attached hydrogen (secondary N) is 3. The Labute approximate surface area is 176 Å². The van der Waals surface area contributed by atoms with Crippen LogP contribution in [-0.4, -0.2) is 52.4 Å². The van der Waals surface area contributed by atoms with Crippen molar-refractivity contribution in [3.05, 3.63) is 48.0 Å². The molecule has 3 rings (SSSR count). The van der Waals surface area contributed by atoms with Crippen LogP contribution in [0.5, 0.6) is 5.75 Å². The maximum atomic E-state index is 12.8. The van der Waals surface area contributed by atoms with Crippen molar-refractivity contribution in [3.8, 4) is 5.75 Å². The van der Waals surface area contributed by atoms with E-state index < -0.39 is 6.03 Å². The Morgan fingerprint density at radius 3 is 2.43 bits per heavy atom. The molecular weight excluding hydrogens is 384 g/mol. The lowest BCUT2D eigenvalue weighted by Crippen LogP contribution is -2.30. The molecule has 3 N–H and O–H groups in total. The molecule has 2 aromatic carbocycles. The third kappa shape index (κ3) is 5.64. The van der Waals surface area contributed by atoms with E-state index in [1.54, 1.807) is 44.6 Å². The maximum Gasteiger partial charge on any atom is 0.323 e. The number of carbonyl (C=O) groups is 2. The molecule has 0 aromatic heterocycles. The molecule has 8 nitrogen and oxygen atoms in total. The first-order valence-electron chi connectivity index (χ1n) is 9.99. The number of urea groups is 1. The molecule has 0 bridgehead atoms. The van der Waals surface area contributed by atoms with Crippen molar-refractivity contribution in [3.63, 3.8) is 0 Å². The van der Waals surface area contributed by atoms with Crippen molar-refractivity contribution < 1.29 is 19.1 Å². The summed E-state index contributed by atoms with van der Waals surface area (Å²) in [4.78, 5) is 27.4. The van der Waals surface area contributed by atoms with E-state index in [9.17, 15) is 9.59 Å². The Balaban J connectivity index is 1.74. The number of nitrogens with zero attached hydrogens (tertiary/aromatic N) is 1. The van der Waals surface area contributed by atoms with Crippen LogP contribution in [0, 0.1) is 0 Å². The highest BCUT2D eigenvalue weighted by atomic mass is 16.5. The van der Waals surface area contributed by atoms with E-state index in [0.29, 0.717) is 35.8 Å². The maximum absolute atomic E-state index is 12.8. The highest BCUT2D eigenvalue weighted by Crippen LogP contribution is 2.28. The largest absolute Gasteiger partial charge is 0.497 e. The summed E-state index contributed by atoms with van der Waals surface area (Å²) in [6.45, 7) is 2.69. The van der Waals surface area contributed by atoms with Crippen LogP contribution in [0.15, 0.2) is 42.5 Å². The van der Waals surface area contributed by atoms with E-state index in [2.05, 4.69) is 20.9 Å². The van der Waals surface area contributed by atoms with Gasteiger partial charge in [0.25, 0.3) is 5.91 Å². The minimum atomic E-state index is -0.400. The van der Waals surface area contributed by atoms with Crippen molar-refractivity contribution in [2.75, 3.05) is 56.0 Å². The fourth-order valence-electron chi connectivity index (χ4n) is 3.39. The Morgan fingerprint density at radius 1 is 1.00 bits per heavy atom. The zero-order valence-corrected chi connectivity index (χ0v) is 17.4. The Hall–Kier alpha value is -3.26. The minimum absolute atomic E-state index is 0.189. The van der Waals surface area contributed by atoms with Crippen molar-refractivity contribution in [2.24, 2.45) is 0 Å². The van der Waals surface area contributed by atoms with E-state index in [0.717, 1.165) is 31.6 Å². The second kappa shape index (κ2) is 10.5. The van der Waals surface area contributed by atoms with Crippen molar-refractivity contribution >= 4 is 29.0 Å². The number of hydrogen-bond donors (Lipinski definition) is 3. The molecule has 1 aliphatic rings. The van der Waals surface area contributed by atoms with Gasteiger partial charge in [0, 0.05) is 49.9 Å². The number of anilines is 3. The van der Waals surface area contributed by atoms with E-state index in [1.807, 2.05) is 12.1 Å². The number of benzene rings is 2. The van der Waals surface area contributed by atoms with Gasteiger partial charge in [0.05, 0.1) is 19.3 Å². The first kappa shape index (κ1) is 21.4. The van der Waals surface area contributed by atoms with Gasteiger partial charge in [-0.1, -0.05) is 6.07 Å². The highest BCUT2D eigenvalue weighted by molar-refractivity contribution is 6.04. The molecule has 8 heteroatoms. The topological polar surface area (TPSA) is 91.9 Å². The predicted molar refractivity (Wildman–Crippen MR) is 118 cm³/mol. The summed E-state index contributed by atoms with van der Waals surface area (Å²) in [5.41, 5.74) is 2.56. The molecule has 0 saturated carbocycles. The minimum Gasteiger partial charge on any atom is -0.497 e. The molecule has 160 valence electrons. The number of rotatable bonds is 8. The van der Waals surface area contributed by atoms with Crippen LogP contribution in [-0.2, 0) is 4.74 Å². The van der Waals surface area contributed by atoms with E-state index >= 15 is 0 Å². The van der Waals surface area contributed by atoms with Crippen molar-refractivity contribution in [1.82, 2.24) is 5.32 Å². The number of hydrogen-bond acceptors (Lipinski definition) is 5. The van der Waals surface area contributed by atoms with Crippen LogP contribution in [0.4, 0.5) is 21.9 Å². The van der Waals surface area contributed by atoms with E-state index in [-0.39, 0.29) is 5.91 Å². The van der Waals surface area contributed by atoms with Gasteiger partial charge >= 0.3 is 6.03 Å². The third-order valence-corrected chi connectivity index (χ3v) is 4.87. The lowest BCUT2D eigenvalue weighted by atomic mass is 10.1. The summed E-state index contributed by atoms with van der Waals surface area (Å²) >= 11 is 0. The molecule has 2 aromatic rings. The lowest BCUT2D eigenvalue weighted by molar-refractivity contribution is 0.0937. The number of carbonyl (C=O) groups excluding carboxylic acids is 2. The van der Waals surface area contributed by atoms with Crippen LogP contribution in [0.2, 0.25) is 0 Å². The van der Waals surface area contributed by atoms with Gasteiger partial charge in [-0.05, 0) is 43.2 Å². The standard InChI is InChI=1S/C22H28N4O4/c1-29-13-10-23-21(27)19-15-17(8-9-20(19)26-11-3-4-12-26)25-22(28)24-16-6-5-7-18(14-16)30-2/h5-9,14-15H,3-4,10-13H2,1-2H3,(H,23,27)(H2,24,25,28). The first-order chi connectivity index (χ1) is 14.6. The summed E-state index contributed by atoms with van der Waals surface area (Å²) in [5.74, 6) is 0.462. The molecule has 1 fully saturated rings. The van der Waals surface area contributed by atoms with E-state index in [1.165, 1.54) is 0 Å². The fraction of sp³-hybridized carbons (Fsp3) is 0.364. The van der Waals surface area contributed by atoms with Gasteiger partial charge in [0.1, 0.15) is 5.75 Å². The Morgan fingerprint density at radius 2 is 1.73 bits per heavy atom. The quantitative estimate of drug-likeness (QED) is 0.579. The van der Waals surface area contributed by atoms with Crippen LogP contribution in [0.3, 0.4) is 0 Å². The monoisotopic (exact) mass is 412 g/mol. The van der Waals surface area contributed by atoms with Crippen molar-refractivity contribution in [1.29, 1.82) is 0 Å². The van der Waals surface area contributed by atoms with Crippen molar-refractivity contribution in [2.45, 2.75) is 12.8 Å². The smallest absolute Gasteiger partial charge is 0.323 e. The number of ether oxygens (including phenoxy) is 2. The molecule has 0 radical (unpaired) electrons. The van der Waals surface area contributed by atoms with E-state index in [4.69, 9.17) is 9.47 Å². The third-order valence-electron chi connectivity index (χ3n) is 4.87. The van der Waals surface area contributed by atoms with Crippen LogP contribution in [0.1, 0.15) is 23.2 Å². The Bertz CT molecular complexity index is 881. The summed E-state index contributed by atoms with van der Waals surface area (Å²) in [5, 5.41) is 8.43. The van der Waals surface area contributed by atoms with Gasteiger partial charge in [-0.15, -0.1) is 0 Å². The van der Waals surface area contributed by atoms with Gasteiger partial charge in [0.2, 0.25) is 0 Å². The number of amides is 3. The van der Waals surface area contributed by atoms with Gasteiger partial charge in [-0.2, -0.15) is 0 Å². The summed E-state index contributed by atoms with van der Waals surface area (Å²) < 4.78 is 10.2. The summed E-state index contributed by atoms with van der Waals surface area (Å²) in [6, 6.07) is 12.1. The van der Waals surface area contributed by atoms with Gasteiger partial charge < -0.3 is 30.3 Å². The summed E-state index contributed by atoms with van der Waals surface area (Å²) in [7, 11) is 3.16. The molecule has 0 unspecified atom stereocenters. The molecule has 0 atom stereocenters. The molecular formula is C22H28N4O4. The average molecular weight is 412 g/mol. The zero-order chi connectivity index (χ0) is 21.3. The fourth-order valence-corrected chi connectivity index (χ4v) is 3.39. The van der Waals surface area contributed by atoms with Crippen LogP contribution in [0.25, 0.3) is 0 Å². The van der Waals surface area contributed by atoms with Crippen LogP contribution >= 0.6 is 0 Å².